The lowest BCUT2D eigenvalue weighted by Crippen LogP contribution is -2.57. The molecule has 10 N–H and O–H groups in total. The van der Waals surface area contributed by atoms with Gasteiger partial charge in [0.15, 0.2) is 0 Å². The fraction of sp³-hybridized carbons (Fsp3) is 0.333. The average molecular weight is 489 g/mol. The highest BCUT2D eigenvalue weighted by Gasteiger charge is 2.31. The van der Waals surface area contributed by atoms with Gasteiger partial charge in [-0.25, -0.2) is 9.78 Å². The Labute approximate surface area is 199 Å². The van der Waals surface area contributed by atoms with E-state index in [-0.39, 0.29) is 18.6 Å². The van der Waals surface area contributed by atoms with Gasteiger partial charge in [-0.2, -0.15) is 0 Å². The van der Waals surface area contributed by atoms with Crippen LogP contribution in [-0.2, 0) is 36.8 Å². The summed E-state index contributed by atoms with van der Waals surface area (Å²) in [5.74, 6) is -4.71. The molecule has 0 saturated heterocycles. The molecule has 2 rings (SSSR count). The SMILES string of the molecule is NCC(=O)NC(Cc1ccc(O)cc1)C(=O)NC(CC(N)=O)C(=O)NC(Cc1cnc[nH]1)C(=O)O. The first-order chi connectivity index (χ1) is 16.6. The van der Waals surface area contributed by atoms with Crippen LogP contribution in [0.1, 0.15) is 17.7 Å². The normalized spacial score (nSPS) is 13.2. The second-order valence-electron chi connectivity index (χ2n) is 7.61. The molecule has 188 valence electrons. The molecule has 0 spiro atoms. The zero-order valence-corrected chi connectivity index (χ0v) is 18.6. The first-order valence-corrected chi connectivity index (χ1v) is 10.5. The van der Waals surface area contributed by atoms with Crippen LogP contribution in [0.15, 0.2) is 36.8 Å². The van der Waals surface area contributed by atoms with E-state index in [0.29, 0.717) is 11.3 Å². The van der Waals surface area contributed by atoms with E-state index in [2.05, 4.69) is 25.9 Å². The molecule has 3 atom stereocenters. The van der Waals surface area contributed by atoms with Gasteiger partial charge in [0.1, 0.15) is 23.9 Å². The van der Waals surface area contributed by atoms with Crippen molar-refractivity contribution in [3.63, 3.8) is 0 Å². The number of phenols is 1. The molecule has 0 aliphatic rings. The minimum Gasteiger partial charge on any atom is -0.508 e. The molecule has 14 nitrogen and oxygen atoms in total. The van der Waals surface area contributed by atoms with E-state index >= 15 is 0 Å². The largest absolute Gasteiger partial charge is 0.508 e. The number of aromatic amines is 1. The topological polar surface area (TPSA) is 243 Å². The minimum absolute atomic E-state index is 0.00190. The number of aliphatic carboxylic acids is 1. The number of nitrogens with one attached hydrogen (secondary N) is 4. The molecule has 2 aromatic rings. The molecule has 4 amide bonds. The van der Waals surface area contributed by atoms with Gasteiger partial charge in [0.05, 0.1) is 19.3 Å². The molecule has 1 heterocycles. The Bertz CT molecular complexity index is 1040. The lowest BCUT2D eigenvalue weighted by molar-refractivity contribution is -0.142. The molecular formula is C21H27N7O7. The number of aromatic hydroxyl groups is 1. The van der Waals surface area contributed by atoms with Gasteiger partial charge in [-0.1, -0.05) is 12.1 Å². The molecule has 1 aromatic heterocycles. The third-order valence-electron chi connectivity index (χ3n) is 4.85. The Hall–Kier alpha value is -4.46. The molecule has 0 radical (unpaired) electrons. The number of carbonyl (C=O) groups is 5. The van der Waals surface area contributed by atoms with Crippen molar-refractivity contribution in [3.8, 4) is 5.75 Å². The molecular weight excluding hydrogens is 462 g/mol. The Morgan fingerprint density at radius 2 is 1.57 bits per heavy atom. The van der Waals surface area contributed by atoms with Crippen molar-refractivity contribution < 1.29 is 34.2 Å². The number of carboxylic acid groups (broad SMARTS) is 1. The third kappa shape index (κ3) is 8.77. The van der Waals surface area contributed by atoms with Gasteiger partial charge in [-0.3, -0.25) is 19.2 Å². The average Bonchev–Trinajstić information content (AvgIpc) is 3.31. The Morgan fingerprint density at radius 3 is 2.11 bits per heavy atom. The second-order valence-corrected chi connectivity index (χ2v) is 7.61. The maximum absolute atomic E-state index is 13.0. The van der Waals surface area contributed by atoms with Crippen molar-refractivity contribution in [2.75, 3.05) is 6.54 Å². The maximum atomic E-state index is 13.0. The number of amides is 4. The smallest absolute Gasteiger partial charge is 0.326 e. The molecule has 14 heteroatoms. The lowest BCUT2D eigenvalue weighted by atomic mass is 10.0. The van der Waals surface area contributed by atoms with Gasteiger partial charge in [-0.15, -0.1) is 0 Å². The predicted octanol–water partition coefficient (Wildman–Crippen LogP) is -2.73. The number of imidazole rings is 1. The molecule has 35 heavy (non-hydrogen) atoms. The van der Waals surface area contributed by atoms with E-state index in [1.54, 1.807) is 0 Å². The van der Waals surface area contributed by atoms with Crippen LogP contribution in [0.25, 0.3) is 0 Å². The molecule has 1 aromatic carbocycles. The van der Waals surface area contributed by atoms with Crippen LogP contribution in [0.5, 0.6) is 5.75 Å². The minimum atomic E-state index is -1.51. The molecule has 0 saturated carbocycles. The molecule has 0 aliphatic carbocycles. The Balaban J connectivity index is 2.17. The zero-order chi connectivity index (χ0) is 26.0. The van der Waals surface area contributed by atoms with Gasteiger partial charge in [0, 0.05) is 24.7 Å². The summed E-state index contributed by atoms with van der Waals surface area (Å²) in [4.78, 5) is 67.3. The summed E-state index contributed by atoms with van der Waals surface area (Å²) in [6.07, 6.45) is 1.95. The van der Waals surface area contributed by atoms with Gasteiger partial charge < -0.3 is 42.6 Å². The number of benzene rings is 1. The van der Waals surface area contributed by atoms with Gasteiger partial charge in [0.2, 0.25) is 23.6 Å². The summed E-state index contributed by atoms with van der Waals surface area (Å²) in [7, 11) is 0. The van der Waals surface area contributed by atoms with Crippen molar-refractivity contribution in [2.24, 2.45) is 11.5 Å². The number of phenolic OH excluding ortho intramolecular Hbond substituents is 1. The van der Waals surface area contributed by atoms with Gasteiger partial charge in [0.25, 0.3) is 0 Å². The standard InChI is InChI=1S/C21H27N7O7/c22-8-18(31)26-14(5-11-1-3-13(29)4-2-11)19(32)27-15(7-17(23)30)20(33)28-16(21(34)35)6-12-9-24-10-25-12/h1-4,9-10,14-16,29H,5-8,22H2,(H2,23,30)(H,24,25)(H,26,31)(H,27,32)(H,28,33)(H,34,35). The number of nitrogens with zero attached hydrogens (tertiary/aromatic N) is 1. The lowest BCUT2D eigenvalue weighted by Gasteiger charge is -2.24. The highest BCUT2D eigenvalue weighted by atomic mass is 16.4. The number of H-pyrrole nitrogens is 1. The van der Waals surface area contributed by atoms with Crippen molar-refractivity contribution >= 4 is 29.6 Å². The number of carboxylic acids is 1. The number of nitrogens with two attached hydrogens (primary N) is 2. The maximum Gasteiger partial charge on any atom is 0.326 e. The van der Waals surface area contributed by atoms with Crippen molar-refractivity contribution in [1.82, 2.24) is 25.9 Å². The summed E-state index contributed by atoms with van der Waals surface area (Å²) in [6.45, 7) is -0.404. The Kier molecular flexibility index (Phi) is 9.71. The Morgan fingerprint density at radius 1 is 0.943 bits per heavy atom. The third-order valence-corrected chi connectivity index (χ3v) is 4.85. The van der Waals surface area contributed by atoms with Crippen LogP contribution < -0.4 is 27.4 Å². The zero-order valence-electron chi connectivity index (χ0n) is 18.6. The van der Waals surface area contributed by atoms with E-state index in [4.69, 9.17) is 11.5 Å². The van der Waals surface area contributed by atoms with Crippen LogP contribution in [0, 0.1) is 0 Å². The van der Waals surface area contributed by atoms with Crippen molar-refractivity contribution in [3.05, 3.63) is 48.0 Å². The summed E-state index contributed by atoms with van der Waals surface area (Å²) in [5.41, 5.74) is 11.5. The number of hydrogen-bond acceptors (Lipinski definition) is 8. The van der Waals surface area contributed by atoms with Crippen LogP contribution in [0.4, 0.5) is 0 Å². The summed E-state index contributed by atoms with van der Waals surface area (Å²) < 4.78 is 0. The summed E-state index contributed by atoms with van der Waals surface area (Å²) in [5, 5.41) is 25.9. The fourth-order valence-electron chi connectivity index (χ4n) is 3.10. The number of primary amides is 1. The van der Waals surface area contributed by atoms with Crippen LogP contribution in [-0.4, -0.2) is 74.4 Å². The summed E-state index contributed by atoms with van der Waals surface area (Å²) in [6, 6.07) is 1.75. The molecule has 0 bridgehead atoms. The fourth-order valence-corrected chi connectivity index (χ4v) is 3.10. The van der Waals surface area contributed by atoms with E-state index in [0.717, 1.165) is 0 Å². The van der Waals surface area contributed by atoms with E-state index in [1.165, 1.54) is 36.8 Å². The van der Waals surface area contributed by atoms with Crippen molar-refractivity contribution in [1.29, 1.82) is 0 Å². The highest BCUT2D eigenvalue weighted by Crippen LogP contribution is 2.12. The van der Waals surface area contributed by atoms with Gasteiger partial charge in [-0.05, 0) is 17.7 Å². The first-order valence-electron chi connectivity index (χ1n) is 10.5. The van der Waals surface area contributed by atoms with Crippen molar-refractivity contribution in [2.45, 2.75) is 37.4 Å². The number of rotatable bonds is 13. The predicted molar refractivity (Wildman–Crippen MR) is 120 cm³/mol. The van der Waals surface area contributed by atoms with E-state index < -0.39 is 60.7 Å². The van der Waals surface area contributed by atoms with E-state index in [1.807, 2.05) is 0 Å². The molecule has 0 aliphatic heterocycles. The number of hydrogen-bond donors (Lipinski definition) is 8. The number of aromatic nitrogens is 2. The molecule has 0 fully saturated rings. The monoisotopic (exact) mass is 489 g/mol. The molecule has 3 unspecified atom stereocenters. The number of carbonyl (C=O) groups excluding carboxylic acids is 4. The van der Waals surface area contributed by atoms with Crippen LogP contribution in [0.2, 0.25) is 0 Å². The van der Waals surface area contributed by atoms with E-state index in [9.17, 15) is 34.2 Å². The quantitative estimate of drug-likeness (QED) is 0.145. The van der Waals surface area contributed by atoms with Gasteiger partial charge >= 0.3 is 5.97 Å². The first kappa shape index (κ1) is 26.8. The highest BCUT2D eigenvalue weighted by molar-refractivity contribution is 5.95. The van der Waals surface area contributed by atoms with Crippen LogP contribution >= 0.6 is 0 Å². The van der Waals surface area contributed by atoms with Crippen LogP contribution in [0.3, 0.4) is 0 Å². The second kappa shape index (κ2) is 12.7. The summed E-state index contributed by atoms with van der Waals surface area (Å²) >= 11 is 0.